The molecule has 9 N–H and O–H groups in total. The Hall–Kier alpha value is -12.4. The lowest BCUT2D eigenvalue weighted by Gasteiger charge is -2.21. The minimum Gasteiger partial charge on any atom is -0.476 e. The van der Waals surface area contributed by atoms with Gasteiger partial charge in [-0.25, -0.2) is 23.2 Å². The Kier molecular flexibility index (Phi) is 29.4. The highest BCUT2D eigenvalue weighted by atomic mass is 35.5. The van der Waals surface area contributed by atoms with Gasteiger partial charge in [0.05, 0.1) is 40.5 Å². The Bertz CT molecular complexity index is 4950. The number of hydrogen-bond donors (Lipinski definition) is 8. The molecule has 2 unspecified atom stereocenters. The Balaban J connectivity index is 0.000000233. The number of nitrogens with two attached hydrogens (primary N) is 1. The second-order valence-corrected chi connectivity index (χ2v) is 27.2. The number of ether oxygens (including phenoxy) is 2. The first-order chi connectivity index (χ1) is 50.8. The summed E-state index contributed by atoms with van der Waals surface area (Å²) in [6.07, 6.45) is 3.73. The van der Waals surface area contributed by atoms with E-state index in [0.29, 0.717) is 35.4 Å². The molecule has 2 saturated carbocycles. The van der Waals surface area contributed by atoms with Gasteiger partial charge in [-0.2, -0.15) is 14.0 Å². The molecule has 109 heavy (non-hydrogen) atoms. The lowest BCUT2D eigenvalue weighted by atomic mass is 9.97. The van der Waals surface area contributed by atoms with Gasteiger partial charge in [-0.05, 0) is 219 Å². The van der Waals surface area contributed by atoms with E-state index < -0.39 is 52.8 Å². The quantitative estimate of drug-likeness (QED) is 0.0277. The first-order valence-electron chi connectivity index (χ1n) is 34.2. The van der Waals surface area contributed by atoms with Crippen molar-refractivity contribution < 1.29 is 47.3 Å². The SMILES string of the molecule is C.C.Cl.[C-]#[N+]c1cc(C(=O)Nc2cc(C(NCC3CC3)c3ccccc3)ccc2F)n(-c2cccc(CN)c2)n1.[C-]#[N+]c1cc(C(=O)Nc2cc(C(NCC3CC3)c3ccccc3)ccc2F)n(-c2cccc(CNC(=O)OC(C)(C)C)c2)n1.[C-]#[N+]c1cc(C(=O)O)n(-c2cccc(CNC(=O)OC(C)(C)C)c2)n1. The number of carboxylic acid groups (broad SMARTS) is 1. The summed E-state index contributed by atoms with van der Waals surface area (Å²) in [6.45, 7) is 34.9. The molecule has 27 heteroatoms. The van der Waals surface area contributed by atoms with Crippen molar-refractivity contribution in [1.29, 1.82) is 0 Å². The van der Waals surface area contributed by atoms with Crippen LogP contribution in [0.3, 0.4) is 0 Å². The number of anilines is 2. The fourth-order valence-electron chi connectivity index (χ4n) is 11.1. The highest BCUT2D eigenvalue weighted by Gasteiger charge is 2.29. The molecule has 4 amide bonds. The van der Waals surface area contributed by atoms with Gasteiger partial charge in [0.25, 0.3) is 29.3 Å². The second-order valence-electron chi connectivity index (χ2n) is 27.2. The van der Waals surface area contributed by atoms with Gasteiger partial charge in [0, 0.05) is 25.7 Å². The summed E-state index contributed by atoms with van der Waals surface area (Å²) in [5.41, 5.74) is 12.3. The van der Waals surface area contributed by atoms with Gasteiger partial charge >= 0.3 is 18.2 Å². The second kappa shape index (κ2) is 38.2. The molecule has 0 aliphatic heterocycles. The summed E-state index contributed by atoms with van der Waals surface area (Å²) in [5, 5.41) is 39.7. The maximum Gasteiger partial charge on any atom is 0.407 e. The molecule has 7 aromatic carbocycles. The summed E-state index contributed by atoms with van der Waals surface area (Å²) in [6, 6.07) is 54.1. The van der Waals surface area contributed by atoms with Crippen LogP contribution < -0.4 is 37.6 Å². The van der Waals surface area contributed by atoms with Crippen molar-refractivity contribution in [1.82, 2.24) is 50.6 Å². The molecule has 10 aromatic rings. The van der Waals surface area contributed by atoms with E-state index in [1.165, 1.54) is 70.1 Å². The predicted octanol–water partition coefficient (Wildman–Crippen LogP) is 17.1. The highest BCUT2D eigenvalue weighted by Crippen LogP contribution is 2.34. The van der Waals surface area contributed by atoms with E-state index in [1.807, 2.05) is 66.7 Å². The van der Waals surface area contributed by atoms with Crippen LogP contribution in [0.5, 0.6) is 0 Å². The van der Waals surface area contributed by atoms with Crippen molar-refractivity contribution in [2.75, 3.05) is 23.7 Å². The minimum absolute atomic E-state index is 0. The van der Waals surface area contributed by atoms with Crippen LogP contribution in [0.15, 0.2) is 188 Å². The fraction of sp³-hybridized carbons (Fsp3) is 0.280. The van der Waals surface area contributed by atoms with E-state index in [2.05, 4.69) is 61.7 Å². The van der Waals surface area contributed by atoms with Crippen LogP contribution in [0.2, 0.25) is 0 Å². The topological polar surface area (TPSA) is 289 Å². The van der Waals surface area contributed by atoms with Gasteiger partial charge in [-0.1, -0.05) is 144 Å². The predicted molar refractivity (Wildman–Crippen MR) is 418 cm³/mol. The zero-order valence-corrected chi connectivity index (χ0v) is 60.5. The first kappa shape index (κ1) is 83.9. The molecular weight excluding hydrogens is 1410 g/mol. The number of carbonyl (C=O) groups excluding carboxylic acids is 4. The summed E-state index contributed by atoms with van der Waals surface area (Å²) >= 11 is 0. The minimum atomic E-state index is -1.18. The third kappa shape index (κ3) is 23.8. The Morgan fingerprint density at radius 3 is 1.18 bits per heavy atom. The lowest BCUT2D eigenvalue weighted by Crippen LogP contribution is -2.32. The van der Waals surface area contributed by atoms with Gasteiger partial charge < -0.3 is 66.7 Å². The summed E-state index contributed by atoms with van der Waals surface area (Å²) in [4.78, 5) is 72.0. The molecule has 2 fully saturated rings. The van der Waals surface area contributed by atoms with Gasteiger partial charge in [0.1, 0.15) is 34.2 Å². The van der Waals surface area contributed by atoms with Crippen molar-refractivity contribution in [3.63, 3.8) is 0 Å². The molecule has 2 aliphatic carbocycles. The van der Waals surface area contributed by atoms with Crippen LogP contribution in [-0.2, 0) is 29.1 Å². The first-order valence-corrected chi connectivity index (χ1v) is 34.2. The maximum absolute atomic E-state index is 15.1. The number of aromatic nitrogens is 6. The van der Waals surface area contributed by atoms with Crippen molar-refractivity contribution >= 4 is 71.2 Å². The normalized spacial score (nSPS) is 12.6. The fourth-order valence-corrected chi connectivity index (χ4v) is 11.1. The van der Waals surface area contributed by atoms with Crippen molar-refractivity contribution in [3.8, 4) is 17.1 Å². The molecule has 0 spiro atoms. The molecule has 0 saturated heterocycles. The lowest BCUT2D eigenvalue weighted by molar-refractivity contribution is 0.0512. The number of hydrogen-bond acceptors (Lipinski definition) is 13. The molecule has 3 heterocycles. The maximum atomic E-state index is 15.1. The number of alkyl carbamates (subject to hydrolysis) is 2. The number of benzene rings is 7. The molecule has 0 radical (unpaired) electrons. The third-order valence-electron chi connectivity index (χ3n) is 16.5. The average Bonchev–Trinajstić information content (AvgIpc) is 1.74. The number of amides is 4. The molecule has 3 aromatic heterocycles. The van der Waals surface area contributed by atoms with Crippen LogP contribution in [0.25, 0.3) is 31.6 Å². The Labute approximate surface area is 639 Å². The van der Waals surface area contributed by atoms with Gasteiger partial charge in [-0.3, -0.25) is 9.59 Å². The van der Waals surface area contributed by atoms with Crippen LogP contribution in [0.1, 0.15) is 165 Å². The number of carbonyl (C=O) groups is 5. The van der Waals surface area contributed by atoms with Gasteiger partial charge in [0.2, 0.25) is 0 Å². The Morgan fingerprint density at radius 1 is 0.495 bits per heavy atom. The monoisotopic (exact) mass is 1500 g/mol. The van der Waals surface area contributed by atoms with E-state index in [0.717, 1.165) is 52.0 Å². The van der Waals surface area contributed by atoms with Crippen molar-refractivity contribution in [3.05, 3.63) is 290 Å². The highest BCUT2D eigenvalue weighted by molar-refractivity contribution is 6.05. The van der Waals surface area contributed by atoms with Gasteiger partial charge in [0.15, 0.2) is 5.69 Å². The number of carboxylic acids is 1. The van der Waals surface area contributed by atoms with E-state index in [9.17, 15) is 33.5 Å². The standard InChI is InChI=1S/C34H35FN6O3.C29H27FN6O.C17H18N4O4.2CH4.ClH/c1-34(2,3)44-33(43)38-21-23-9-8-12-26(17-23)41-29(19-30(36-4)40-41)32(42)39-28-18-25(15-16-27(28)35)31(37-20-22-13-14-22)24-10-6-5-7-11-24;1-32-27-16-26(36(35-27)23-9-5-6-20(14-23)17-31)29(37)34-25-15-22(12-13-24(25)30)28(33-18-19-10-11-19)21-7-3-2-4-8-21;1-17(2,3)25-16(24)19-10-11-6-5-7-12(8-11)21-13(15(22)23)9-14(18-4)20-21;;;/h5-12,15-19,22,31,37H,13-14,20-21H2,1-3H3,(H,38,43)(H,39,42);2-9,12-16,19,28,33H,10-11,17-18,31H2,(H,34,37);5-9H,10H2,1-3H3,(H,19,24)(H,22,23);2*1H4;1H. The van der Waals surface area contributed by atoms with Gasteiger partial charge in [-0.15, -0.1) is 12.4 Å². The number of rotatable bonds is 23. The van der Waals surface area contributed by atoms with Crippen LogP contribution in [0.4, 0.5) is 47.2 Å². The molecule has 2 aliphatic rings. The number of nitrogens with zero attached hydrogens (tertiary/aromatic N) is 9. The van der Waals surface area contributed by atoms with E-state index >= 15 is 4.39 Å². The molecule has 0 bridgehead atoms. The van der Waals surface area contributed by atoms with Crippen LogP contribution in [-0.4, -0.2) is 88.7 Å². The van der Waals surface area contributed by atoms with Crippen molar-refractivity contribution in [2.45, 2.75) is 125 Å². The smallest absolute Gasteiger partial charge is 0.407 e. The molecule has 24 nitrogen and oxygen atoms in total. The number of aromatic carboxylic acids is 1. The average molecular weight is 1500 g/mol. The Morgan fingerprint density at radius 2 is 0.844 bits per heavy atom. The zero-order chi connectivity index (χ0) is 75.7. The van der Waals surface area contributed by atoms with E-state index in [1.54, 1.807) is 133 Å². The molecule has 566 valence electrons. The summed E-state index contributed by atoms with van der Waals surface area (Å²) in [7, 11) is 0. The van der Waals surface area contributed by atoms with E-state index in [4.69, 9.17) is 34.9 Å². The number of halogens is 3. The molecule has 12 rings (SSSR count). The van der Waals surface area contributed by atoms with Crippen LogP contribution >= 0.6 is 12.4 Å². The summed E-state index contributed by atoms with van der Waals surface area (Å²) in [5.74, 6) is -2.13. The molecular formula is C82H89ClF2N16O8. The molecule has 2 atom stereocenters. The third-order valence-corrected chi connectivity index (χ3v) is 16.5. The van der Waals surface area contributed by atoms with Crippen molar-refractivity contribution in [2.24, 2.45) is 17.6 Å². The largest absolute Gasteiger partial charge is 0.476 e. The number of nitrogens with one attached hydrogen (secondary N) is 6. The van der Waals surface area contributed by atoms with Crippen LogP contribution in [0, 0.1) is 43.2 Å². The van der Waals surface area contributed by atoms with E-state index in [-0.39, 0.29) is 98.3 Å². The summed E-state index contributed by atoms with van der Waals surface area (Å²) < 4.78 is 44.4. The zero-order valence-electron chi connectivity index (χ0n) is 59.6.